The van der Waals surface area contributed by atoms with Gasteiger partial charge in [0.05, 0.1) is 6.04 Å². The summed E-state index contributed by atoms with van der Waals surface area (Å²) in [6.07, 6.45) is 8.94. The number of terminal acetylenes is 1. The van der Waals surface area contributed by atoms with Gasteiger partial charge in [-0.3, -0.25) is 0 Å². The first-order valence-electron chi connectivity index (χ1n) is 3.13. The van der Waals surface area contributed by atoms with Gasteiger partial charge in [0.1, 0.15) is 0 Å². The standard InChI is InChI=1S/C7H11N/c1-2-7-5-3-4-6-8-7/h1,7-8H,3-6H2/t7-/m1/s1. The Hall–Kier alpha value is -0.480. The number of rotatable bonds is 0. The van der Waals surface area contributed by atoms with E-state index in [0.717, 1.165) is 13.0 Å². The molecule has 0 aromatic carbocycles. The second-order valence-electron chi connectivity index (χ2n) is 2.17. The summed E-state index contributed by atoms with van der Waals surface area (Å²) in [5.74, 6) is 2.69. The predicted octanol–water partition coefficient (Wildman–Crippen LogP) is 0.762. The molecular weight excluding hydrogens is 98.1 g/mol. The van der Waals surface area contributed by atoms with Crippen LogP contribution in [0.3, 0.4) is 0 Å². The maximum Gasteiger partial charge on any atom is 0.0686 e. The molecule has 0 aliphatic carbocycles. The summed E-state index contributed by atoms with van der Waals surface area (Å²) in [4.78, 5) is 0. The normalized spacial score (nSPS) is 29.1. The van der Waals surface area contributed by atoms with Crippen molar-refractivity contribution in [3.05, 3.63) is 0 Å². The molecular formula is C7H11N. The highest BCUT2D eigenvalue weighted by Gasteiger charge is 2.07. The van der Waals surface area contributed by atoms with E-state index in [2.05, 4.69) is 11.2 Å². The molecule has 0 bridgehead atoms. The van der Waals surface area contributed by atoms with Crippen molar-refractivity contribution in [1.29, 1.82) is 0 Å². The van der Waals surface area contributed by atoms with Gasteiger partial charge in [0.25, 0.3) is 0 Å². The lowest BCUT2D eigenvalue weighted by Crippen LogP contribution is -2.32. The fraction of sp³-hybridized carbons (Fsp3) is 0.714. The van der Waals surface area contributed by atoms with Crippen LogP contribution in [0.25, 0.3) is 0 Å². The summed E-state index contributed by atoms with van der Waals surface area (Å²) < 4.78 is 0. The predicted molar refractivity (Wildman–Crippen MR) is 34.5 cm³/mol. The Bertz CT molecular complexity index is 95.4. The largest absolute Gasteiger partial charge is 0.304 e. The van der Waals surface area contributed by atoms with Crippen LogP contribution in [0.1, 0.15) is 19.3 Å². The van der Waals surface area contributed by atoms with Crippen LogP contribution in [0, 0.1) is 12.3 Å². The molecule has 1 nitrogen and oxygen atoms in total. The third kappa shape index (κ3) is 1.24. The molecule has 0 radical (unpaired) electrons. The van der Waals surface area contributed by atoms with Crippen LogP contribution in [0.5, 0.6) is 0 Å². The minimum atomic E-state index is 0.365. The number of hydrogen-bond acceptors (Lipinski definition) is 1. The summed E-state index contributed by atoms with van der Waals surface area (Å²) >= 11 is 0. The van der Waals surface area contributed by atoms with E-state index in [1.165, 1.54) is 12.8 Å². The third-order valence-electron chi connectivity index (χ3n) is 1.51. The Balaban J connectivity index is 2.25. The molecule has 1 fully saturated rings. The molecule has 0 saturated carbocycles. The van der Waals surface area contributed by atoms with Gasteiger partial charge in [-0.1, -0.05) is 5.92 Å². The van der Waals surface area contributed by atoms with Crippen LogP contribution >= 0.6 is 0 Å². The fourth-order valence-corrected chi connectivity index (χ4v) is 0.994. The van der Waals surface area contributed by atoms with Crippen LogP contribution in [0.2, 0.25) is 0 Å². The topological polar surface area (TPSA) is 12.0 Å². The van der Waals surface area contributed by atoms with Gasteiger partial charge in [0.2, 0.25) is 0 Å². The summed E-state index contributed by atoms with van der Waals surface area (Å²) in [7, 11) is 0. The average Bonchev–Trinajstić information content (AvgIpc) is 1.90. The van der Waals surface area contributed by atoms with E-state index in [0.29, 0.717) is 6.04 Å². The van der Waals surface area contributed by atoms with Gasteiger partial charge in [0, 0.05) is 0 Å². The van der Waals surface area contributed by atoms with Gasteiger partial charge < -0.3 is 5.32 Å². The zero-order chi connectivity index (χ0) is 5.82. The first kappa shape index (κ1) is 5.65. The van der Waals surface area contributed by atoms with Crippen LogP contribution in [-0.2, 0) is 0 Å². The minimum Gasteiger partial charge on any atom is -0.304 e. The van der Waals surface area contributed by atoms with Gasteiger partial charge in [-0.15, -0.1) is 6.42 Å². The van der Waals surface area contributed by atoms with Crippen molar-refractivity contribution >= 4 is 0 Å². The number of nitrogens with one attached hydrogen (secondary N) is 1. The average molecular weight is 109 g/mol. The smallest absolute Gasteiger partial charge is 0.0686 e. The van der Waals surface area contributed by atoms with Gasteiger partial charge >= 0.3 is 0 Å². The second kappa shape index (κ2) is 2.74. The summed E-state index contributed by atoms with van der Waals surface area (Å²) in [6.45, 7) is 1.11. The van der Waals surface area contributed by atoms with Crippen LogP contribution in [0.15, 0.2) is 0 Å². The molecule has 44 valence electrons. The van der Waals surface area contributed by atoms with E-state index in [-0.39, 0.29) is 0 Å². The SMILES string of the molecule is C#C[C@@H]1CCCCN1. The Morgan fingerprint density at radius 3 is 2.75 bits per heavy atom. The van der Waals surface area contributed by atoms with Gasteiger partial charge in [0.15, 0.2) is 0 Å². The van der Waals surface area contributed by atoms with Crippen molar-refractivity contribution in [2.45, 2.75) is 25.3 Å². The van der Waals surface area contributed by atoms with Gasteiger partial charge in [-0.25, -0.2) is 0 Å². The molecule has 0 spiro atoms. The summed E-state index contributed by atoms with van der Waals surface area (Å²) in [5.41, 5.74) is 0. The third-order valence-corrected chi connectivity index (χ3v) is 1.51. The Labute approximate surface area is 50.5 Å². The Kier molecular flexibility index (Phi) is 1.93. The number of hydrogen-bond donors (Lipinski definition) is 1. The second-order valence-corrected chi connectivity index (χ2v) is 2.17. The summed E-state index contributed by atoms with van der Waals surface area (Å²) in [5, 5.41) is 3.23. The zero-order valence-electron chi connectivity index (χ0n) is 4.98. The first-order chi connectivity index (χ1) is 3.93. The van der Waals surface area contributed by atoms with Crippen molar-refractivity contribution in [1.82, 2.24) is 5.32 Å². The lowest BCUT2D eigenvalue weighted by atomic mass is 10.1. The first-order valence-corrected chi connectivity index (χ1v) is 3.13. The lowest BCUT2D eigenvalue weighted by molar-refractivity contribution is 0.464. The lowest BCUT2D eigenvalue weighted by Gasteiger charge is -2.17. The Morgan fingerprint density at radius 2 is 2.38 bits per heavy atom. The molecule has 8 heavy (non-hydrogen) atoms. The van der Waals surface area contributed by atoms with Crippen LogP contribution < -0.4 is 5.32 Å². The highest BCUT2D eigenvalue weighted by Crippen LogP contribution is 2.04. The maximum absolute atomic E-state index is 5.19. The molecule has 0 unspecified atom stereocenters. The Morgan fingerprint density at radius 1 is 1.50 bits per heavy atom. The zero-order valence-corrected chi connectivity index (χ0v) is 4.98. The van der Waals surface area contributed by atoms with Gasteiger partial charge in [-0.05, 0) is 25.8 Å². The van der Waals surface area contributed by atoms with E-state index >= 15 is 0 Å². The van der Waals surface area contributed by atoms with E-state index in [1.807, 2.05) is 0 Å². The highest BCUT2D eigenvalue weighted by molar-refractivity contribution is 4.99. The number of piperidine rings is 1. The van der Waals surface area contributed by atoms with E-state index < -0.39 is 0 Å². The molecule has 1 rings (SSSR count). The maximum atomic E-state index is 5.19. The monoisotopic (exact) mass is 109 g/mol. The van der Waals surface area contributed by atoms with E-state index in [9.17, 15) is 0 Å². The molecule has 1 heteroatoms. The van der Waals surface area contributed by atoms with E-state index in [4.69, 9.17) is 6.42 Å². The van der Waals surface area contributed by atoms with Crippen LogP contribution in [0.4, 0.5) is 0 Å². The fourth-order valence-electron chi connectivity index (χ4n) is 0.994. The van der Waals surface area contributed by atoms with E-state index in [1.54, 1.807) is 0 Å². The molecule has 1 N–H and O–H groups in total. The van der Waals surface area contributed by atoms with Crippen molar-refractivity contribution in [2.24, 2.45) is 0 Å². The molecule has 0 aromatic rings. The molecule has 1 saturated heterocycles. The summed E-state index contributed by atoms with van der Waals surface area (Å²) in [6, 6.07) is 0.365. The molecule has 0 aromatic heterocycles. The molecule has 1 aliphatic rings. The van der Waals surface area contributed by atoms with Crippen molar-refractivity contribution in [3.8, 4) is 12.3 Å². The van der Waals surface area contributed by atoms with Gasteiger partial charge in [-0.2, -0.15) is 0 Å². The van der Waals surface area contributed by atoms with Crippen LogP contribution in [-0.4, -0.2) is 12.6 Å². The van der Waals surface area contributed by atoms with Crippen molar-refractivity contribution in [2.75, 3.05) is 6.54 Å². The molecule has 1 aliphatic heterocycles. The molecule has 1 heterocycles. The minimum absolute atomic E-state index is 0.365. The quantitative estimate of drug-likeness (QED) is 0.453. The molecule has 1 atom stereocenters. The van der Waals surface area contributed by atoms with Crippen molar-refractivity contribution < 1.29 is 0 Å². The highest BCUT2D eigenvalue weighted by atomic mass is 14.9. The van der Waals surface area contributed by atoms with Crippen molar-refractivity contribution in [3.63, 3.8) is 0 Å². The molecule has 0 amide bonds.